The van der Waals surface area contributed by atoms with Crippen LogP contribution in [0.25, 0.3) is 0 Å². The van der Waals surface area contributed by atoms with E-state index in [1.807, 2.05) is 25.1 Å². The number of methoxy groups -OCH3 is 2. The number of hydrogen-bond acceptors (Lipinski definition) is 6. The highest BCUT2D eigenvalue weighted by atomic mass is 16.5. The predicted molar refractivity (Wildman–Crippen MR) is 121 cm³/mol. The molecular weight excluding hydrogens is 406 g/mol. The first-order chi connectivity index (χ1) is 15.2. The molecule has 0 saturated heterocycles. The van der Waals surface area contributed by atoms with Crippen LogP contribution in [0, 0.1) is 11.3 Å². The number of ether oxygens (including phenoxy) is 3. The van der Waals surface area contributed by atoms with Crippen LogP contribution < -0.4 is 14.8 Å². The van der Waals surface area contributed by atoms with E-state index in [0.29, 0.717) is 23.5 Å². The molecule has 6 heteroatoms. The molecule has 0 amide bonds. The summed E-state index contributed by atoms with van der Waals surface area (Å²) in [4.78, 5) is 27.0. The fourth-order valence-corrected chi connectivity index (χ4v) is 5.38. The zero-order valence-corrected chi connectivity index (χ0v) is 19.6. The Bertz CT molecular complexity index is 984. The van der Waals surface area contributed by atoms with Gasteiger partial charge in [0.05, 0.1) is 25.7 Å². The molecule has 172 valence electrons. The number of ketones is 1. The lowest BCUT2D eigenvalue weighted by atomic mass is 9.66. The summed E-state index contributed by atoms with van der Waals surface area (Å²) < 4.78 is 17.1. The van der Waals surface area contributed by atoms with Crippen LogP contribution in [-0.2, 0) is 14.3 Å². The van der Waals surface area contributed by atoms with Crippen LogP contribution >= 0.6 is 0 Å². The Labute approximate surface area is 190 Å². The van der Waals surface area contributed by atoms with Crippen LogP contribution in [0.5, 0.6) is 11.5 Å². The molecule has 2 unspecified atom stereocenters. The molecule has 0 spiro atoms. The molecule has 2 aliphatic carbocycles. The molecule has 0 radical (unpaired) electrons. The van der Waals surface area contributed by atoms with Crippen LogP contribution in [0.15, 0.2) is 41.2 Å². The van der Waals surface area contributed by atoms with Gasteiger partial charge in [0.25, 0.3) is 0 Å². The Hall–Kier alpha value is -2.76. The Kier molecular flexibility index (Phi) is 6.06. The Morgan fingerprint density at radius 2 is 1.81 bits per heavy atom. The lowest BCUT2D eigenvalue weighted by molar-refractivity contribution is -0.144. The lowest BCUT2D eigenvalue weighted by Gasteiger charge is -2.41. The molecule has 1 heterocycles. The standard InChI is InChI=1S/C26H33NO5/c1-15-22(25(29)32-16-8-6-7-9-16)23(18-12-17(30-4)10-11-21(18)31-5)24-19(27-15)13-26(2,3)14-20(24)28/h10-13,16,23-24,27H,6-9,14H2,1-5H3. The van der Waals surface area contributed by atoms with Crippen molar-refractivity contribution in [1.29, 1.82) is 0 Å². The predicted octanol–water partition coefficient (Wildman–Crippen LogP) is 4.65. The fourth-order valence-electron chi connectivity index (χ4n) is 5.38. The summed E-state index contributed by atoms with van der Waals surface area (Å²) in [5.41, 5.74) is 2.57. The van der Waals surface area contributed by atoms with E-state index in [4.69, 9.17) is 14.2 Å². The average molecular weight is 440 g/mol. The molecule has 1 N–H and O–H groups in total. The van der Waals surface area contributed by atoms with Crippen LogP contribution in [-0.4, -0.2) is 32.1 Å². The Morgan fingerprint density at radius 3 is 2.47 bits per heavy atom. The largest absolute Gasteiger partial charge is 0.497 e. The number of carbonyl (C=O) groups is 2. The van der Waals surface area contributed by atoms with E-state index in [0.717, 1.165) is 42.6 Å². The van der Waals surface area contributed by atoms with E-state index in [-0.39, 0.29) is 23.3 Å². The fraction of sp³-hybridized carbons (Fsp3) is 0.538. The van der Waals surface area contributed by atoms with E-state index in [2.05, 4.69) is 25.2 Å². The van der Waals surface area contributed by atoms with E-state index < -0.39 is 11.8 Å². The number of fused-ring (bicyclic) bond motifs is 1. The number of hydrogen-bond donors (Lipinski definition) is 1. The number of allylic oxidation sites excluding steroid dienone is 3. The van der Waals surface area contributed by atoms with Gasteiger partial charge < -0.3 is 19.5 Å². The van der Waals surface area contributed by atoms with E-state index >= 15 is 0 Å². The first kappa shape index (κ1) is 22.4. The summed E-state index contributed by atoms with van der Waals surface area (Å²) in [7, 11) is 3.20. The van der Waals surface area contributed by atoms with Gasteiger partial charge in [-0.25, -0.2) is 4.79 Å². The third kappa shape index (κ3) is 4.15. The minimum absolute atomic E-state index is 0.0615. The van der Waals surface area contributed by atoms with E-state index in [9.17, 15) is 9.59 Å². The highest BCUT2D eigenvalue weighted by molar-refractivity contribution is 5.96. The Morgan fingerprint density at radius 1 is 1.09 bits per heavy atom. The number of rotatable bonds is 5. The summed E-state index contributed by atoms with van der Waals surface area (Å²) in [6.45, 7) is 5.99. The van der Waals surface area contributed by atoms with E-state index in [1.54, 1.807) is 14.2 Å². The summed E-state index contributed by atoms with van der Waals surface area (Å²) in [6.07, 6.45) is 6.40. The number of nitrogens with one attached hydrogen (secondary N) is 1. The van der Waals surface area contributed by atoms with Crippen molar-refractivity contribution in [2.24, 2.45) is 11.3 Å². The van der Waals surface area contributed by atoms with E-state index in [1.165, 1.54) is 0 Å². The van der Waals surface area contributed by atoms with Gasteiger partial charge in [0.2, 0.25) is 0 Å². The topological polar surface area (TPSA) is 73.9 Å². The van der Waals surface area contributed by atoms with Gasteiger partial charge in [0, 0.05) is 29.3 Å². The Balaban J connectivity index is 1.87. The molecule has 0 bridgehead atoms. The van der Waals surface area contributed by atoms with Gasteiger partial charge in [-0.05, 0) is 56.2 Å². The molecule has 1 aromatic carbocycles. The highest BCUT2D eigenvalue weighted by Crippen LogP contribution is 2.49. The maximum Gasteiger partial charge on any atom is 0.336 e. The van der Waals surface area contributed by atoms with Crippen molar-refractivity contribution in [3.63, 3.8) is 0 Å². The molecule has 4 rings (SSSR count). The van der Waals surface area contributed by atoms with Crippen LogP contribution in [0.2, 0.25) is 0 Å². The van der Waals surface area contributed by atoms with Crippen molar-refractivity contribution >= 4 is 11.8 Å². The van der Waals surface area contributed by atoms with Crippen molar-refractivity contribution < 1.29 is 23.8 Å². The van der Waals surface area contributed by atoms with Crippen molar-refractivity contribution in [2.45, 2.75) is 64.9 Å². The smallest absolute Gasteiger partial charge is 0.336 e. The number of esters is 1. The number of Topliss-reactive ketones (excluding diaryl/α,β-unsaturated/α-hetero) is 1. The molecule has 3 aliphatic rings. The van der Waals surface area contributed by atoms with Crippen molar-refractivity contribution in [1.82, 2.24) is 5.32 Å². The van der Waals surface area contributed by atoms with Crippen LogP contribution in [0.3, 0.4) is 0 Å². The minimum Gasteiger partial charge on any atom is -0.497 e. The SMILES string of the molecule is COc1ccc(OC)c(C2C(C(=O)OC3CCCC3)=C(C)NC3=CC(C)(C)CC(=O)C32)c1. The zero-order chi connectivity index (χ0) is 23.0. The highest BCUT2D eigenvalue weighted by Gasteiger charge is 2.47. The van der Waals surface area contributed by atoms with Crippen LogP contribution in [0.4, 0.5) is 0 Å². The third-order valence-electron chi connectivity index (χ3n) is 6.81. The monoisotopic (exact) mass is 439 g/mol. The van der Waals surface area contributed by atoms with Gasteiger partial charge in [-0.3, -0.25) is 4.79 Å². The summed E-state index contributed by atoms with van der Waals surface area (Å²) in [6, 6.07) is 5.51. The quantitative estimate of drug-likeness (QED) is 0.674. The third-order valence-corrected chi connectivity index (χ3v) is 6.81. The van der Waals surface area contributed by atoms with Crippen LogP contribution in [0.1, 0.15) is 64.4 Å². The van der Waals surface area contributed by atoms with Gasteiger partial charge in [-0.2, -0.15) is 0 Å². The number of carbonyl (C=O) groups excluding carboxylic acids is 2. The van der Waals surface area contributed by atoms with Gasteiger partial charge in [-0.1, -0.05) is 19.9 Å². The molecule has 0 aromatic heterocycles. The molecule has 1 aliphatic heterocycles. The number of benzene rings is 1. The maximum absolute atomic E-state index is 13.5. The van der Waals surface area contributed by atoms with Gasteiger partial charge in [-0.15, -0.1) is 0 Å². The molecule has 1 aromatic rings. The second-order valence-corrected chi connectivity index (χ2v) is 9.77. The van der Waals surface area contributed by atoms with Crippen molar-refractivity contribution in [3.8, 4) is 11.5 Å². The summed E-state index contributed by atoms with van der Waals surface area (Å²) in [5, 5.41) is 3.37. The van der Waals surface area contributed by atoms with Crippen molar-refractivity contribution in [2.75, 3.05) is 14.2 Å². The molecule has 6 nitrogen and oxygen atoms in total. The molecule has 2 atom stereocenters. The van der Waals surface area contributed by atoms with Gasteiger partial charge in [0.15, 0.2) is 0 Å². The summed E-state index contributed by atoms with van der Waals surface area (Å²) in [5.74, 6) is 0.00849. The minimum atomic E-state index is -0.509. The summed E-state index contributed by atoms with van der Waals surface area (Å²) >= 11 is 0. The molecule has 1 saturated carbocycles. The zero-order valence-electron chi connectivity index (χ0n) is 19.6. The lowest BCUT2D eigenvalue weighted by Crippen LogP contribution is -2.44. The normalized spacial score (nSPS) is 25.0. The molecule has 32 heavy (non-hydrogen) atoms. The average Bonchev–Trinajstić information content (AvgIpc) is 3.24. The molecule has 1 fully saturated rings. The first-order valence-corrected chi connectivity index (χ1v) is 11.4. The first-order valence-electron chi connectivity index (χ1n) is 11.4. The second-order valence-electron chi connectivity index (χ2n) is 9.77. The van der Waals surface area contributed by atoms with Gasteiger partial charge in [0.1, 0.15) is 23.4 Å². The van der Waals surface area contributed by atoms with Gasteiger partial charge >= 0.3 is 5.97 Å². The second kappa shape index (κ2) is 8.64. The maximum atomic E-state index is 13.5. The molecular formula is C26H33NO5. The van der Waals surface area contributed by atoms with Crippen molar-refractivity contribution in [3.05, 3.63) is 46.8 Å².